The quantitative estimate of drug-likeness (QED) is 0.634. The van der Waals surface area contributed by atoms with Crippen molar-refractivity contribution in [1.82, 2.24) is 9.80 Å². The van der Waals surface area contributed by atoms with Crippen molar-refractivity contribution in [2.24, 2.45) is 0 Å². The van der Waals surface area contributed by atoms with Crippen molar-refractivity contribution < 1.29 is 19.1 Å². The van der Waals surface area contributed by atoms with Crippen LogP contribution >= 0.6 is 11.8 Å². The standard InChI is InChI=1S/C24H24N2O4S/c1-17-7-9-18(10-8-17)16-30-20-6-4-5-19(13-20)14-21-23(28)26(24(29)31-21)15-22(27)25-11-2-3-12-25/h4-10,13-14H,2-3,11-12,15-16H2,1H3/b21-14-. The first-order valence-electron chi connectivity index (χ1n) is 10.3. The van der Waals surface area contributed by atoms with E-state index < -0.39 is 11.1 Å². The van der Waals surface area contributed by atoms with Gasteiger partial charge >= 0.3 is 0 Å². The third-order valence-corrected chi connectivity index (χ3v) is 6.22. The van der Waals surface area contributed by atoms with Gasteiger partial charge < -0.3 is 9.64 Å². The number of thioether (sulfide) groups is 1. The molecule has 2 aliphatic heterocycles. The Morgan fingerprint density at radius 1 is 1.10 bits per heavy atom. The summed E-state index contributed by atoms with van der Waals surface area (Å²) in [5, 5.41) is -0.407. The van der Waals surface area contributed by atoms with Gasteiger partial charge in [0.2, 0.25) is 5.91 Å². The average Bonchev–Trinajstić information content (AvgIpc) is 3.39. The zero-order chi connectivity index (χ0) is 21.8. The summed E-state index contributed by atoms with van der Waals surface area (Å²) in [5.41, 5.74) is 3.03. The van der Waals surface area contributed by atoms with Crippen LogP contribution in [0.2, 0.25) is 0 Å². The molecule has 31 heavy (non-hydrogen) atoms. The molecule has 0 N–H and O–H groups in total. The largest absolute Gasteiger partial charge is 0.489 e. The van der Waals surface area contributed by atoms with Crippen molar-refractivity contribution in [2.75, 3.05) is 19.6 Å². The Balaban J connectivity index is 1.41. The predicted octanol–water partition coefficient (Wildman–Crippen LogP) is 4.23. The summed E-state index contributed by atoms with van der Waals surface area (Å²) in [4.78, 5) is 40.4. The molecule has 2 heterocycles. The highest BCUT2D eigenvalue weighted by Crippen LogP contribution is 2.32. The topological polar surface area (TPSA) is 66.9 Å². The fourth-order valence-corrected chi connectivity index (χ4v) is 4.37. The molecule has 2 aromatic carbocycles. The number of rotatable bonds is 6. The van der Waals surface area contributed by atoms with E-state index in [1.165, 1.54) is 5.56 Å². The van der Waals surface area contributed by atoms with Crippen molar-refractivity contribution >= 4 is 34.9 Å². The van der Waals surface area contributed by atoms with Crippen LogP contribution in [0.1, 0.15) is 29.5 Å². The van der Waals surface area contributed by atoms with Gasteiger partial charge in [0, 0.05) is 13.1 Å². The number of amides is 3. The minimum atomic E-state index is -0.423. The van der Waals surface area contributed by atoms with Crippen molar-refractivity contribution in [1.29, 1.82) is 0 Å². The molecule has 0 aliphatic carbocycles. The van der Waals surface area contributed by atoms with E-state index in [1.807, 2.05) is 55.5 Å². The maximum atomic E-state index is 12.7. The molecule has 0 unspecified atom stereocenters. The number of ether oxygens (including phenoxy) is 1. The Hall–Kier alpha value is -3.06. The van der Waals surface area contributed by atoms with Crippen LogP contribution in [0, 0.1) is 6.92 Å². The molecule has 3 amide bonds. The molecule has 2 aliphatic rings. The molecule has 2 fully saturated rings. The molecule has 0 saturated carbocycles. The Morgan fingerprint density at radius 2 is 1.84 bits per heavy atom. The van der Waals surface area contributed by atoms with E-state index in [9.17, 15) is 14.4 Å². The van der Waals surface area contributed by atoms with Gasteiger partial charge in [0.25, 0.3) is 11.1 Å². The summed E-state index contributed by atoms with van der Waals surface area (Å²) >= 11 is 0.866. The molecule has 0 radical (unpaired) electrons. The average molecular weight is 437 g/mol. The first-order valence-corrected chi connectivity index (χ1v) is 11.1. The molecular formula is C24H24N2O4S. The lowest BCUT2D eigenvalue weighted by atomic mass is 10.1. The van der Waals surface area contributed by atoms with Crippen LogP contribution in [0.15, 0.2) is 53.4 Å². The maximum absolute atomic E-state index is 12.7. The molecule has 2 aromatic rings. The van der Waals surface area contributed by atoms with E-state index in [4.69, 9.17) is 4.74 Å². The number of hydrogen-bond acceptors (Lipinski definition) is 5. The summed E-state index contributed by atoms with van der Waals surface area (Å²) in [6.45, 7) is 3.68. The fourth-order valence-electron chi connectivity index (χ4n) is 3.53. The number of carbonyl (C=O) groups excluding carboxylic acids is 3. The van der Waals surface area contributed by atoms with Crippen molar-refractivity contribution in [3.05, 3.63) is 70.1 Å². The Bertz CT molecular complexity index is 1030. The molecule has 0 bridgehead atoms. The molecular weight excluding hydrogens is 412 g/mol. The zero-order valence-electron chi connectivity index (χ0n) is 17.4. The number of imide groups is 1. The van der Waals surface area contributed by atoms with Gasteiger partial charge in [-0.3, -0.25) is 19.3 Å². The molecule has 7 heteroatoms. The van der Waals surface area contributed by atoms with Crippen LogP contribution < -0.4 is 4.74 Å². The Kier molecular flexibility index (Phi) is 6.42. The number of likely N-dealkylation sites (tertiary alicyclic amines) is 1. The van der Waals surface area contributed by atoms with E-state index in [1.54, 1.807) is 11.0 Å². The minimum Gasteiger partial charge on any atom is -0.489 e. The summed E-state index contributed by atoms with van der Waals surface area (Å²) in [6.07, 6.45) is 3.61. The van der Waals surface area contributed by atoms with Gasteiger partial charge in [-0.1, -0.05) is 42.0 Å². The summed E-state index contributed by atoms with van der Waals surface area (Å²) in [6, 6.07) is 15.5. The highest BCUT2D eigenvalue weighted by Gasteiger charge is 2.37. The van der Waals surface area contributed by atoms with Crippen LogP contribution in [0.25, 0.3) is 6.08 Å². The predicted molar refractivity (Wildman–Crippen MR) is 120 cm³/mol. The lowest BCUT2D eigenvalue weighted by Gasteiger charge is -2.18. The number of benzene rings is 2. The molecule has 0 atom stereocenters. The van der Waals surface area contributed by atoms with Gasteiger partial charge in [0.15, 0.2) is 0 Å². The molecule has 4 rings (SSSR count). The first kappa shape index (κ1) is 21.2. The van der Waals surface area contributed by atoms with Gasteiger partial charge in [-0.2, -0.15) is 0 Å². The molecule has 0 spiro atoms. The zero-order valence-corrected chi connectivity index (χ0v) is 18.2. The van der Waals surface area contributed by atoms with Gasteiger partial charge in [0.1, 0.15) is 18.9 Å². The summed E-state index contributed by atoms with van der Waals surface area (Å²) < 4.78 is 5.87. The van der Waals surface area contributed by atoms with E-state index in [2.05, 4.69) is 0 Å². The second-order valence-electron chi connectivity index (χ2n) is 7.70. The molecule has 6 nitrogen and oxygen atoms in total. The van der Waals surface area contributed by atoms with E-state index in [-0.39, 0.29) is 12.5 Å². The SMILES string of the molecule is Cc1ccc(COc2cccc(/C=C3\SC(=O)N(CC(=O)N4CCCC4)C3=O)c2)cc1. The van der Waals surface area contributed by atoms with E-state index >= 15 is 0 Å². The van der Waals surface area contributed by atoms with Crippen LogP contribution in [0.4, 0.5) is 4.79 Å². The summed E-state index contributed by atoms with van der Waals surface area (Å²) in [5.74, 6) is 0.0823. The van der Waals surface area contributed by atoms with Gasteiger partial charge in [-0.15, -0.1) is 0 Å². The van der Waals surface area contributed by atoms with Crippen molar-refractivity contribution in [3.63, 3.8) is 0 Å². The lowest BCUT2D eigenvalue weighted by Crippen LogP contribution is -2.40. The molecule has 0 aromatic heterocycles. The van der Waals surface area contributed by atoms with Gasteiger partial charge in [-0.05, 0) is 60.9 Å². The monoisotopic (exact) mass is 436 g/mol. The number of nitrogens with zero attached hydrogens (tertiary/aromatic N) is 2. The highest BCUT2D eigenvalue weighted by atomic mass is 32.2. The Labute approximate surface area is 185 Å². The summed E-state index contributed by atoms with van der Waals surface area (Å²) in [7, 11) is 0. The number of hydrogen-bond donors (Lipinski definition) is 0. The second kappa shape index (κ2) is 9.39. The van der Waals surface area contributed by atoms with Crippen molar-refractivity contribution in [3.8, 4) is 5.75 Å². The van der Waals surface area contributed by atoms with E-state index in [0.29, 0.717) is 30.4 Å². The number of aryl methyl sites for hydroxylation is 1. The highest BCUT2D eigenvalue weighted by molar-refractivity contribution is 8.18. The minimum absolute atomic E-state index is 0.174. The number of carbonyl (C=O) groups is 3. The van der Waals surface area contributed by atoms with Crippen LogP contribution in [-0.4, -0.2) is 46.5 Å². The second-order valence-corrected chi connectivity index (χ2v) is 8.70. The van der Waals surface area contributed by atoms with Crippen LogP contribution in [0.5, 0.6) is 5.75 Å². The smallest absolute Gasteiger partial charge is 0.294 e. The van der Waals surface area contributed by atoms with Crippen LogP contribution in [0.3, 0.4) is 0 Å². The van der Waals surface area contributed by atoms with E-state index in [0.717, 1.165) is 40.6 Å². The van der Waals surface area contributed by atoms with Gasteiger partial charge in [-0.25, -0.2) is 0 Å². The molecule has 160 valence electrons. The Morgan fingerprint density at radius 3 is 2.58 bits per heavy atom. The maximum Gasteiger partial charge on any atom is 0.294 e. The fraction of sp³-hybridized carbons (Fsp3) is 0.292. The third kappa shape index (κ3) is 5.17. The first-order chi connectivity index (χ1) is 15.0. The third-order valence-electron chi connectivity index (χ3n) is 5.31. The lowest BCUT2D eigenvalue weighted by molar-refractivity contribution is -0.135. The molecule has 2 saturated heterocycles. The van der Waals surface area contributed by atoms with Crippen LogP contribution in [-0.2, 0) is 16.2 Å². The van der Waals surface area contributed by atoms with Gasteiger partial charge in [0.05, 0.1) is 4.91 Å². The van der Waals surface area contributed by atoms with Crippen molar-refractivity contribution in [2.45, 2.75) is 26.4 Å². The normalized spacial score (nSPS) is 17.6.